The first-order chi connectivity index (χ1) is 13.0. The predicted octanol–water partition coefficient (Wildman–Crippen LogP) is 5.13. The lowest BCUT2D eigenvalue weighted by Crippen LogP contribution is -2.16. The minimum atomic E-state index is -0.437. The summed E-state index contributed by atoms with van der Waals surface area (Å²) in [4.78, 5) is 12.3. The molecule has 0 atom stereocenters. The lowest BCUT2D eigenvalue weighted by molar-refractivity contribution is 0.0929. The van der Waals surface area contributed by atoms with Gasteiger partial charge in [-0.1, -0.05) is 15.9 Å². The van der Waals surface area contributed by atoms with Gasteiger partial charge in [-0.3, -0.25) is 4.79 Å². The van der Waals surface area contributed by atoms with Crippen molar-refractivity contribution >= 4 is 55.0 Å². The quantitative estimate of drug-likeness (QED) is 0.380. The molecule has 0 aliphatic heterocycles. The van der Waals surface area contributed by atoms with Gasteiger partial charge in [0.1, 0.15) is 5.58 Å². The van der Waals surface area contributed by atoms with Crippen LogP contribution >= 0.6 is 31.9 Å². The summed E-state index contributed by atoms with van der Waals surface area (Å²) in [5.41, 5.74) is 3.82. The molecule has 1 heterocycles. The summed E-state index contributed by atoms with van der Waals surface area (Å²) in [6.07, 6.45) is 1.51. The largest absolute Gasteiger partial charge is 0.493 e. The van der Waals surface area contributed by atoms with E-state index in [1.807, 2.05) is 19.1 Å². The lowest BCUT2D eigenvalue weighted by Gasteiger charge is -2.11. The summed E-state index contributed by atoms with van der Waals surface area (Å²) in [5.74, 6) is 0.952. The van der Waals surface area contributed by atoms with Gasteiger partial charge < -0.3 is 13.9 Å². The maximum absolute atomic E-state index is 12.3. The van der Waals surface area contributed by atoms with Gasteiger partial charge in [0.15, 0.2) is 17.3 Å². The summed E-state index contributed by atoms with van der Waals surface area (Å²) in [6.45, 7) is 2.43. The molecule has 0 radical (unpaired) electrons. The van der Waals surface area contributed by atoms with Crippen LogP contribution in [0, 0.1) is 0 Å². The summed E-state index contributed by atoms with van der Waals surface area (Å²) >= 11 is 6.85. The normalized spacial score (nSPS) is 11.1. The Morgan fingerprint density at radius 1 is 1.22 bits per heavy atom. The van der Waals surface area contributed by atoms with Crippen molar-refractivity contribution in [1.29, 1.82) is 0 Å². The molecule has 140 valence electrons. The van der Waals surface area contributed by atoms with Gasteiger partial charge in [0.25, 0.3) is 0 Å². The molecule has 3 rings (SSSR count). The number of hydrogen-bond acceptors (Lipinski definition) is 5. The highest BCUT2D eigenvalue weighted by atomic mass is 79.9. The predicted molar refractivity (Wildman–Crippen MR) is 111 cm³/mol. The molecule has 2 aromatic carbocycles. The van der Waals surface area contributed by atoms with Crippen molar-refractivity contribution in [1.82, 2.24) is 5.43 Å². The van der Waals surface area contributed by atoms with Gasteiger partial charge >= 0.3 is 5.91 Å². The fourth-order valence-electron chi connectivity index (χ4n) is 2.42. The van der Waals surface area contributed by atoms with Crippen molar-refractivity contribution < 1.29 is 18.7 Å². The molecule has 0 aliphatic rings. The monoisotopic (exact) mass is 494 g/mol. The van der Waals surface area contributed by atoms with Gasteiger partial charge in [-0.05, 0) is 59.3 Å². The van der Waals surface area contributed by atoms with Crippen LogP contribution in [0.1, 0.15) is 23.0 Å². The molecule has 1 aromatic heterocycles. The number of rotatable bonds is 6. The lowest BCUT2D eigenvalue weighted by atomic mass is 10.2. The number of methoxy groups -OCH3 is 1. The first-order valence-corrected chi connectivity index (χ1v) is 9.63. The molecule has 3 aromatic rings. The van der Waals surface area contributed by atoms with Crippen LogP contribution < -0.4 is 14.9 Å². The van der Waals surface area contributed by atoms with Crippen LogP contribution in [0.3, 0.4) is 0 Å². The average Bonchev–Trinajstić information content (AvgIpc) is 3.07. The molecule has 0 unspecified atom stereocenters. The van der Waals surface area contributed by atoms with E-state index in [9.17, 15) is 4.79 Å². The van der Waals surface area contributed by atoms with E-state index in [4.69, 9.17) is 13.9 Å². The number of furan rings is 1. The number of fused-ring (bicyclic) bond motifs is 1. The zero-order chi connectivity index (χ0) is 19.4. The van der Waals surface area contributed by atoms with E-state index in [-0.39, 0.29) is 5.76 Å². The molecule has 0 fully saturated rings. The van der Waals surface area contributed by atoms with Gasteiger partial charge in [-0.15, -0.1) is 0 Å². The molecule has 0 saturated carbocycles. The Hall–Kier alpha value is -2.32. The maximum Gasteiger partial charge on any atom is 0.307 e. The van der Waals surface area contributed by atoms with E-state index in [1.54, 1.807) is 31.4 Å². The number of hydrazone groups is 1. The first-order valence-electron chi connectivity index (χ1n) is 8.04. The highest BCUT2D eigenvalue weighted by molar-refractivity contribution is 9.10. The number of hydrogen-bond donors (Lipinski definition) is 1. The Labute approximate surface area is 172 Å². The molecular formula is C19H16Br2N2O4. The fourth-order valence-corrected chi connectivity index (χ4v) is 3.22. The summed E-state index contributed by atoms with van der Waals surface area (Å²) < 4.78 is 18.0. The number of carbonyl (C=O) groups excluding carboxylic acids is 1. The molecular weight excluding hydrogens is 480 g/mol. The van der Waals surface area contributed by atoms with Crippen molar-refractivity contribution in [3.63, 3.8) is 0 Å². The average molecular weight is 496 g/mol. The third-order valence-electron chi connectivity index (χ3n) is 3.65. The van der Waals surface area contributed by atoms with Crippen LogP contribution in [-0.4, -0.2) is 25.8 Å². The number of halogens is 2. The highest BCUT2D eigenvalue weighted by Crippen LogP contribution is 2.32. The minimum Gasteiger partial charge on any atom is -0.493 e. The number of benzene rings is 2. The van der Waals surface area contributed by atoms with Crippen LogP contribution in [-0.2, 0) is 0 Å². The van der Waals surface area contributed by atoms with Crippen LogP contribution in [0.5, 0.6) is 11.5 Å². The van der Waals surface area contributed by atoms with Gasteiger partial charge in [-0.25, -0.2) is 5.43 Å². The standard InChI is InChI=1S/C19H16Br2N2O4/c1-3-26-17-9-14(21)12(8-16(17)25-2)10-22-23-19(24)18-7-11-6-13(20)4-5-15(11)27-18/h4-10H,3H2,1-2H3,(H,23,24)/b22-10+. The molecule has 1 N–H and O–H groups in total. The van der Waals surface area contributed by atoms with Gasteiger partial charge in [0, 0.05) is 19.9 Å². The Morgan fingerprint density at radius 2 is 2.04 bits per heavy atom. The van der Waals surface area contributed by atoms with E-state index in [0.717, 1.165) is 19.9 Å². The second-order valence-corrected chi connectivity index (χ2v) is 7.22. The van der Waals surface area contributed by atoms with Gasteiger partial charge in [-0.2, -0.15) is 5.10 Å². The number of nitrogens with zero attached hydrogens (tertiary/aromatic N) is 1. The maximum atomic E-state index is 12.3. The Balaban J connectivity index is 1.75. The van der Waals surface area contributed by atoms with E-state index in [2.05, 4.69) is 42.4 Å². The van der Waals surface area contributed by atoms with Gasteiger partial charge in [0.05, 0.1) is 19.9 Å². The fraction of sp³-hybridized carbons (Fsp3) is 0.158. The highest BCUT2D eigenvalue weighted by Gasteiger charge is 2.12. The van der Waals surface area contributed by atoms with Crippen molar-refractivity contribution in [2.45, 2.75) is 6.92 Å². The van der Waals surface area contributed by atoms with Crippen molar-refractivity contribution in [3.8, 4) is 11.5 Å². The molecule has 8 heteroatoms. The topological polar surface area (TPSA) is 73.1 Å². The first kappa shape index (κ1) is 19.4. The van der Waals surface area contributed by atoms with E-state index >= 15 is 0 Å². The molecule has 0 aliphatic carbocycles. The SMILES string of the molecule is CCOc1cc(Br)c(/C=N/NC(=O)c2cc3cc(Br)ccc3o2)cc1OC. The Bertz CT molecular complexity index is 1010. The second kappa shape index (κ2) is 8.58. The van der Waals surface area contributed by atoms with Crippen LogP contribution in [0.25, 0.3) is 11.0 Å². The van der Waals surface area contributed by atoms with Crippen LogP contribution in [0.4, 0.5) is 0 Å². The smallest absolute Gasteiger partial charge is 0.307 e. The van der Waals surface area contributed by atoms with Crippen molar-refractivity contribution in [2.24, 2.45) is 5.10 Å². The zero-order valence-electron chi connectivity index (χ0n) is 14.6. The molecule has 0 bridgehead atoms. The Kier molecular flexibility index (Phi) is 6.18. The Morgan fingerprint density at radius 3 is 2.78 bits per heavy atom. The third-order valence-corrected chi connectivity index (χ3v) is 4.83. The van der Waals surface area contributed by atoms with E-state index < -0.39 is 5.91 Å². The molecule has 0 spiro atoms. The molecule has 6 nitrogen and oxygen atoms in total. The van der Waals surface area contributed by atoms with Gasteiger partial charge in [0.2, 0.25) is 0 Å². The summed E-state index contributed by atoms with van der Waals surface area (Å²) in [5, 5.41) is 4.83. The van der Waals surface area contributed by atoms with Crippen LogP contribution in [0.15, 0.2) is 54.9 Å². The summed E-state index contributed by atoms with van der Waals surface area (Å²) in [6, 6.07) is 10.8. The number of ether oxygens (including phenoxy) is 2. The van der Waals surface area contributed by atoms with Crippen molar-refractivity contribution in [3.05, 3.63) is 56.7 Å². The minimum absolute atomic E-state index is 0.184. The number of amides is 1. The van der Waals surface area contributed by atoms with E-state index in [0.29, 0.717) is 23.7 Å². The van der Waals surface area contributed by atoms with Crippen LogP contribution in [0.2, 0.25) is 0 Å². The molecule has 1 amide bonds. The van der Waals surface area contributed by atoms with Crippen molar-refractivity contribution in [2.75, 3.05) is 13.7 Å². The van der Waals surface area contributed by atoms with E-state index in [1.165, 1.54) is 6.21 Å². The summed E-state index contributed by atoms with van der Waals surface area (Å²) in [7, 11) is 1.56. The molecule has 0 saturated heterocycles. The zero-order valence-corrected chi connectivity index (χ0v) is 17.8. The third kappa shape index (κ3) is 4.51. The second-order valence-electron chi connectivity index (χ2n) is 5.45. The molecule has 27 heavy (non-hydrogen) atoms. The number of nitrogens with one attached hydrogen (secondary N) is 1. The number of carbonyl (C=O) groups is 1.